The fourth-order valence-corrected chi connectivity index (χ4v) is 7.76. The molecule has 0 bridgehead atoms. The Hall–Kier alpha value is -3.36. The molecule has 206 valence electrons. The maximum absolute atomic E-state index is 2.61. The fraction of sp³-hybridized carbons (Fsp3) is 0.368. The van der Waals surface area contributed by atoms with Gasteiger partial charge in [-0.25, -0.2) is 0 Å². The van der Waals surface area contributed by atoms with E-state index in [2.05, 4.69) is 137 Å². The van der Waals surface area contributed by atoms with E-state index >= 15 is 0 Å². The zero-order chi connectivity index (χ0) is 28.1. The molecule has 40 heavy (non-hydrogen) atoms. The lowest BCUT2D eigenvalue weighted by Gasteiger charge is -2.28. The van der Waals surface area contributed by atoms with Gasteiger partial charge in [-0.15, -0.1) is 0 Å². The molecule has 0 spiro atoms. The van der Waals surface area contributed by atoms with Crippen molar-refractivity contribution in [3.05, 3.63) is 108 Å². The van der Waals surface area contributed by atoms with E-state index in [0.29, 0.717) is 6.04 Å². The lowest BCUT2D eigenvalue weighted by atomic mass is 9.78. The van der Waals surface area contributed by atoms with E-state index in [0.717, 1.165) is 13.1 Å². The van der Waals surface area contributed by atoms with E-state index in [1.54, 1.807) is 4.90 Å². The van der Waals surface area contributed by atoms with Crippen LogP contribution in [0.25, 0.3) is 21.5 Å². The summed E-state index contributed by atoms with van der Waals surface area (Å²) in [6.07, 6.45) is 10.9. The SMILES string of the molecule is CCCCN1C(=CC=CC2[NH+](CCC)c3ccc4ccccc4c3C2(C)C)C(C)(C)c2c1ccc1ccccc21. The van der Waals surface area contributed by atoms with E-state index in [1.165, 1.54) is 69.0 Å². The van der Waals surface area contributed by atoms with Gasteiger partial charge in [0.25, 0.3) is 0 Å². The number of benzene rings is 4. The molecule has 2 aliphatic heterocycles. The lowest BCUT2D eigenvalue weighted by Crippen LogP contribution is -3.10. The van der Waals surface area contributed by atoms with E-state index in [4.69, 9.17) is 0 Å². The van der Waals surface area contributed by atoms with Gasteiger partial charge in [0, 0.05) is 35.0 Å². The number of anilines is 1. The van der Waals surface area contributed by atoms with Crippen molar-refractivity contribution in [2.75, 3.05) is 18.0 Å². The minimum absolute atomic E-state index is 0.0436. The van der Waals surface area contributed by atoms with Gasteiger partial charge < -0.3 is 4.90 Å². The number of nitrogens with zero attached hydrogens (tertiary/aromatic N) is 1. The number of hydrogen-bond acceptors (Lipinski definition) is 1. The Bertz CT molecular complexity index is 1620. The Kier molecular flexibility index (Phi) is 6.87. The highest BCUT2D eigenvalue weighted by Gasteiger charge is 2.48. The monoisotopic (exact) mass is 529 g/mol. The molecule has 0 aliphatic carbocycles. The molecule has 0 fully saturated rings. The average molecular weight is 530 g/mol. The summed E-state index contributed by atoms with van der Waals surface area (Å²) in [6.45, 7) is 16.6. The second-order valence-corrected chi connectivity index (χ2v) is 12.9. The molecule has 2 atom stereocenters. The predicted molar refractivity (Wildman–Crippen MR) is 173 cm³/mol. The third kappa shape index (κ3) is 4.11. The molecule has 0 saturated heterocycles. The molecule has 6 rings (SSSR count). The first kappa shape index (κ1) is 26.8. The molecule has 0 aromatic heterocycles. The topological polar surface area (TPSA) is 7.68 Å². The Morgan fingerprint density at radius 1 is 0.775 bits per heavy atom. The van der Waals surface area contributed by atoms with Crippen LogP contribution in [0.4, 0.5) is 11.4 Å². The first-order valence-electron chi connectivity index (χ1n) is 15.4. The summed E-state index contributed by atoms with van der Waals surface area (Å²) in [7, 11) is 0. The van der Waals surface area contributed by atoms with Crippen LogP contribution in [0.15, 0.2) is 96.7 Å². The molecule has 2 heteroatoms. The van der Waals surface area contributed by atoms with Crippen LogP contribution in [-0.2, 0) is 10.8 Å². The van der Waals surface area contributed by atoms with Crippen molar-refractivity contribution in [3.63, 3.8) is 0 Å². The zero-order valence-corrected chi connectivity index (χ0v) is 25.2. The van der Waals surface area contributed by atoms with Crippen LogP contribution < -0.4 is 9.80 Å². The fourth-order valence-electron chi connectivity index (χ4n) is 7.76. The van der Waals surface area contributed by atoms with Crippen molar-refractivity contribution in [2.24, 2.45) is 0 Å². The number of allylic oxidation sites excluding steroid dienone is 3. The summed E-state index contributed by atoms with van der Waals surface area (Å²) >= 11 is 0. The molecular formula is C38H45N2+. The van der Waals surface area contributed by atoms with Gasteiger partial charge in [0.2, 0.25) is 0 Å². The Morgan fingerprint density at radius 2 is 1.43 bits per heavy atom. The Balaban J connectivity index is 1.43. The summed E-state index contributed by atoms with van der Waals surface area (Å²) in [4.78, 5) is 4.21. The molecule has 0 saturated carbocycles. The highest BCUT2D eigenvalue weighted by atomic mass is 15.2. The van der Waals surface area contributed by atoms with Crippen molar-refractivity contribution >= 4 is 32.9 Å². The molecule has 2 aliphatic rings. The van der Waals surface area contributed by atoms with Crippen LogP contribution in [0, 0.1) is 0 Å². The lowest BCUT2D eigenvalue weighted by molar-refractivity contribution is -0.850. The summed E-state index contributed by atoms with van der Waals surface area (Å²) in [5, 5.41) is 5.48. The molecule has 2 nitrogen and oxygen atoms in total. The summed E-state index contributed by atoms with van der Waals surface area (Å²) in [5.74, 6) is 0. The van der Waals surface area contributed by atoms with Gasteiger partial charge in [-0.1, -0.05) is 94.8 Å². The van der Waals surface area contributed by atoms with Gasteiger partial charge in [0.1, 0.15) is 11.7 Å². The smallest absolute Gasteiger partial charge is 0.136 e. The zero-order valence-electron chi connectivity index (χ0n) is 25.2. The quantitative estimate of drug-likeness (QED) is 0.252. The van der Waals surface area contributed by atoms with Crippen LogP contribution in [0.3, 0.4) is 0 Å². The number of quaternary nitrogens is 1. The average Bonchev–Trinajstić information content (AvgIpc) is 3.31. The van der Waals surface area contributed by atoms with Crippen molar-refractivity contribution in [1.29, 1.82) is 0 Å². The van der Waals surface area contributed by atoms with Crippen LogP contribution in [-0.4, -0.2) is 19.1 Å². The number of fused-ring (bicyclic) bond motifs is 6. The number of unbranched alkanes of at least 4 members (excludes halogenated alkanes) is 1. The number of nitrogens with one attached hydrogen (secondary N) is 1. The van der Waals surface area contributed by atoms with Crippen LogP contribution in [0.1, 0.15) is 71.9 Å². The second-order valence-electron chi connectivity index (χ2n) is 12.9. The van der Waals surface area contributed by atoms with Gasteiger partial charge in [0.05, 0.1) is 12.0 Å². The van der Waals surface area contributed by atoms with Crippen molar-refractivity contribution in [3.8, 4) is 0 Å². The van der Waals surface area contributed by atoms with E-state index in [1.807, 2.05) is 0 Å². The van der Waals surface area contributed by atoms with Crippen molar-refractivity contribution in [2.45, 2.75) is 77.7 Å². The molecule has 2 unspecified atom stereocenters. The number of rotatable bonds is 7. The number of hydrogen-bond donors (Lipinski definition) is 1. The molecule has 2 heterocycles. The van der Waals surface area contributed by atoms with Gasteiger partial charge in [-0.2, -0.15) is 0 Å². The van der Waals surface area contributed by atoms with E-state index in [9.17, 15) is 0 Å². The van der Waals surface area contributed by atoms with E-state index < -0.39 is 0 Å². The Labute approximate surface area is 241 Å². The normalized spacial score (nSPS) is 22.1. The third-order valence-electron chi connectivity index (χ3n) is 9.64. The van der Waals surface area contributed by atoms with Gasteiger partial charge in [-0.05, 0) is 78.1 Å². The molecule has 4 aromatic carbocycles. The van der Waals surface area contributed by atoms with Crippen molar-refractivity contribution in [1.82, 2.24) is 0 Å². The molecule has 0 amide bonds. The summed E-state index contributed by atoms with van der Waals surface area (Å²) in [6, 6.07) is 27.6. The highest BCUT2D eigenvalue weighted by Crippen LogP contribution is 2.51. The third-order valence-corrected chi connectivity index (χ3v) is 9.64. The van der Waals surface area contributed by atoms with Gasteiger partial charge >= 0.3 is 0 Å². The molecule has 1 N–H and O–H groups in total. The summed E-state index contributed by atoms with van der Waals surface area (Å²) in [5.41, 5.74) is 7.27. The minimum atomic E-state index is -0.0609. The van der Waals surface area contributed by atoms with Gasteiger partial charge in [0.15, 0.2) is 0 Å². The minimum Gasteiger partial charge on any atom is -0.344 e. The standard InChI is InChI=1S/C38H44N2/c1-7-9-26-40-32-24-22-28-16-11-13-18-30(28)36(32)38(5,6)34(40)20-14-19-33-37(3,4)35-29-17-12-10-15-27(29)21-23-31(35)39(33)25-8-2/h10-24,33H,7-9,25-26H2,1-6H3/p+1. The summed E-state index contributed by atoms with van der Waals surface area (Å²) < 4.78 is 0. The van der Waals surface area contributed by atoms with Crippen molar-refractivity contribution < 1.29 is 4.90 Å². The largest absolute Gasteiger partial charge is 0.344 e. The maximum Gasteiger partial charge on any atom is 0.136 e. The van der Waals surface area contributed by atoms with Gasteiger partial charge in [-0.3, -0.25) is 4.90 Å². The Morgan fingerprint density at radius 3 is 2.10 bits per heavy atom. The maximum atomic E-state index is 2.61. The highest BCUT2D eigenvalue weighted by molar-refractivity contribution is 5.95. The van der Waals surface area contributed by atoms with Crippen LogP contribution in [0.5, 0.6) is 0 Å². The molecule has 0 radical (unpaired) electrons. The molecule has 4 aromatic rings. The first-order chi connectivity index (χ1) is 19.3. The van der Waals surface area contributed by atoms with Crippen LogP contribution >= 0.6 is 0 Å². The van der Waals surface area contributed by atoms with E-state index in [-0.39, 0.29) is 10.8 Å². The molecular weight excluding hydrogens is 484 g/mol. The predicted octanol–water partition coefficient (Wildman–Crippen LogP) is 8.62. The van der Waals surface area contributed by atoms with Crippen LogP contribution in [0.2, 0.25) is 0 Å². The second kappa shape index (κ2) is 10.2. The first-order valence-corrected chi connectivity index (χ1v) is 15.4.